The molecule has 0 aliphatic rings. The number of hydrogen-bond donors (Lipinski definition) is 1. The fourth-order valence-electron chi connectivity index (χ4n) is 5.90. The highest BCUT2D eigenvalue weighted by Crippen LogP contribution is 2.33. The van der Waals surface area contributed by atoms with E-state index < -0.39 is 10.1 Å². The van der Waals surface area contributed by atoms with Crippen LogP contribution in [0.5, 0.6) is 0 Å². The molecule has 0 saturated heterocycles. The summed E-state index contributed by atoms with van der Waals surface area (Å²) in [6, 6.07) is 13.3. The van der Waals surface area contributed by atoms with Crippen LogP contribution in [0.3, 0.4) is 0 Å². The van der Waals surface area contributed by atoms with Crippen molar-refractivity contribution in [2.24, 2.45) is 0 Å². The Kier molecular flexibility index (Phi) is 18.1. The Balaban J connectivity index is 2.00. The van der Waals surface area contributed by atoms with Gasteiger partial charge >= 0.3 is 0 Å². The number of nitrogens with zero attached hydrogens (tertiary/aromatic N) is 1. The fraction of sp³-hybridized carbons (Fsp3) is 0.686. The molecule has 1 aromatic heterocycles. The van der Waals surface area contributed by atoms with Gasteiger partial charge in [0, 0.05) is 18.6 Å². The van der Waals surface area contributed by atoms with Gasteiger partial charge in [-0.1, -0.05) is 147 Å². The standard InChI is InChI=1S/C35H57NO3S/c1-3-5-7-9-11-13-15-17-19-24-30-36-31-25-23-28-34(36)32(26-20-18-16-14-12-10-8-6-4-2)33-27-21-22-29-35(33)40(37,38)39/h21-23,25,27-29,31-32H,3-20,24,26,30H2,1-2H3/p+1. The highest BCUT2D eigenvalue weighted by Gasteiger charge is 2.28. The number of aromatic nitrogens is 1. The zero-order chi connectivity index (χ0) is 28.9. The van der Waals surface area contributed by atoms with E-state index in [4.69, 9.17) is 0 Å². The van der Waals surface area contributed by atoms with Crippen LogP contribution in [0.2, 0.25) is 0 Å². The molecule has 40 heavy (non-hydrogen) atoms. The van der Waals surface area contributed by atoms with Gasteiger partial charge in [0.2, 0.25) is 0 Å². The van der Waals surface area contributed by atoms with Gasteiger partial charge in [-0.25, -0.2) is 4.57 Å². The molecule has 0 fully saturated rings. The van der Waals surface area contributed by atoms with Crippen LogP contribution in [0.25, 0.3) is 0 Å². The van der Waals surface area contributed by atoms with Crippen molar-refractivity contribution in [3.05, 3.63) is 59.9 Å². The SMILES string of the molecule is CCCCCCCCCCCC[n+]1ccccc1C(CCCCCCCCCCC)c1ccccc1S(=O)(=O)O. The monoisotopic (exact) mass is 572 g/mol. The molecule has 0 saturated carbocycles. The van der Waals surface area contributed by atoms with E-state index in [2.05, 4.69) is 42.8 Å². The average Bonchev–Trinajstić information content (AvgIpc) is 2.95. The van der Waals surface area contributed by atoms with Gasteiger partial charge in [0.1, 0.15) is 6.54 Å². The molecule has 1 unspecified atom stereocenters. The minimum atomic E-state index is -4.30. The number of unbranched alkanes of at least 4 members (excludes halogenated alkanes) is 17. The van der Waals surface area contributed by atoms with Crippen molar-refractivity contribution in [1.29, 1.82) is 0 Å². The molecule has 1 N–H and O–H groups in total. The third-order valence-corrected chi connectivity index (χ3v) is 9.18. The predicted molar refractivity (Wildman–Crippen MR) is 168 cm³/mol. The van der Waals surface area contributed by atoms with Crippen LogP contribution in [-0.2, 0) is 16.7 Å². The van der Waals surface area contributed by atoms with Crippen LogP contribution < -0.4 is 4.57 Å². The molecule has 0 amide bonds. The minimum Gasteiger partial charge on any atom is -0.282 e. The molecule has 2 aromatic rings. The molecule has 0 bridgehead atoms. The Bertz CT molecular complexity index is 1020. The molecule has 0 aliphatic heterocycles. The van der Waals surface area contributed by atoms with Crippen molar-refractivity contribution in [3.8, 4) is 0 Å². The van der Waals surface area contributed by atoms with Crippen LogP contribution in [-0.4, -0.2) is 13.0 Å². The summed E-state index contributed by atoms with van der Waals surface area (Å²) in [7, 11) is -4.30. The van der Waals surface area contributed by atoms with Crippen LogP contribution in [0.1, 0.15) is 159 Å². The zero-order valence-electron chi connectivity index (χ0n) is 25.7. The lowest BCUT2D eigenvalue weighted by molar-refractivity contribution is -0.705. The highest BCUT2D eigenvalue weighted by molar-refractivity contribution is 7.85. The van der Waals surface area contributed by atoms with Crippen molar-refractivity contribution in [3.63, 3.8) is 0 Å². The van der Waals surface area contributed by atoms with E-state index in [0.29, 0.717) is 5.56 Å². The maximum Gasteiger partial charge on any atom is 0.294 e. The molecule has 2 rings (SSSR count). The van der Waals surface area contributed by atoms with Gasteiger partial charge in [-0.2, -0.15) is 8.42 Å². The van der Waals surface area contributed by atoms with E-state index in [1.165, 1.54) is 103 Å². The maximum absolute atomic E-state index is 12.3. The van der Waals surface area contributed by atoms with Crippen LogP contribution in [0.15, 0.2) is 53.6 Å². The Morgan fingerprint density at radius 2 is 1.10 bits per heavy atom. The first-order chi connectivity index (χ1) is 19.5. The average molecular weight is 573 g/mol. The first kappa shape index (κ1) is 34.5. The normalized spacial score (nSPS) is 12.6. The van der Waals surface area contributed by atoms with Gasteiger partial charge in [0.05, 0.1) is 10.8 Å². The Morgan fingerprint density at radius 3 is 1.65 bits per heavy atom. The van der Waals surface area contributed by atoms with Crippen molar-refractivity contribution in [2.45, 2.75) is 160 Å². The van der Waals surface area contributed by atoms with E-state index in [1.807, 2.05) is 12.1 Å². The molecule has 0 aliphatic carbocycles. The van der Waals surface area contributed by atoms with Gasteiger partial charge < -0.3 is 0 Å². The van der Waals surface area contributed by atoms with Gasteiger partial charge in [0.15, 0.2) is 11.9 Å². The first-order valence-corrected chi connectivity index (χ1v) is 18.0. The molecular weight excluding hydrogens is 514 g/mol. The van der Waals surface area contributed by atoms with Gasteiger partial charge in [-0.15, -0.1) is 0 Å². The quantitative estimate of drug-likeness (QED) is 0.0773. The predicted octanol–water partition coefficient (Wildman–Crippen LogP) is 10.2. The van der Waals surface area contributed by atoms with Crippen molar-refractivity contribution in [2.75, 3.05) is 0 Å². The largest absolute Gasteiger partial charge is 0.294 e. The summed E-state index contributed by atoms with van der Waals surface area (Å²) >= 11 is 0. The molecule has 1 aromatic carbocycles. The van der Waals surface area contributed by atoms with E-state index in [9.17, 15) is 13.0 Å². The summed E-state index contributed by atoms with van der Waals surface area (Å²) in [5.41, 5.74) is 1.86. The van der Waals surface area contributed by atoms with Gasteiger partial charge in [0.25, 0.3) is 10.1 Å². The molecule has 0 spiro atoms. The smallest absolute Gasteiger partial charge is 0.282 e. The van der Waals surface area contributed by atoms with Crippen molar-refractivity contribution >= 4 is 10.1 Å². The van der Waals surface area contributed by atoms with E-state index >= 15 is 0 Å². The van der Waals surface area contributed by atoms with Gasteiger partial charge in [-0.3, -0.25) is 4.55 Å². The number of aryl methyl sites for hydroxylation is 1. The molecule has 226 valence electrons. The van der Waals surface area contributed by atoms with Crippen molar-refractivity contribution in [1.82, 2.24) is 0 Å². The Labute approximate surface area is 246 Å². The minimum absolute atomic E-state index is 0.0465. The van der Waals surface area contributed by atoms with Crippen molar-refractivity contribution < 1.29 is 17.5 Å². The summed E-state index contributed by atoms with van der Waals surface area (Å²) in [6.07, 6.45) is 27.4. The second-order valence-electron chi connectivity index (χ2n) is 11.7. The second-order valence-corrected chi connectivity index (χ2v) is 13.1. The Hall–Kier alpha value is -1.72. The van der Waals surface area contributed by atoms with Gasteiger partial charge in [-0.05, 0) is 24.5 Å². The highest BCUT2D eigenvalue weighted by atomic mass is 32.2. The third kappa shape index (κ3) is 13.8. The van der Waals surface area contributed by atoms with E-state index in [1.54, 1.807) is 12.1 Å². The molecular formula is C35H58NO3S+. The summed E-state index contributed by atoms with van der Waals surface area (Å²) in [4.78, 5) is 0.0465. The summed E-state index contributed by atoms with van der Waals surface area (Å²) in [5.74, 6) is -0.0630. The lowest BCUT2D eigenvalue weighted by atomic mass is 9.89. The number of pyridine rings is 1. The first-order valence-electron chi connectivity index (χ1n) is 16.5. The number of rotatable bonds is 24. The summed E-state index contributed by atoms with van der Waals surface area (Å²) in [6.45, 7) is 5.46. The molecule has 4 nitrogen and oxygen atoms in total. The molecule has 0 radical (unpaired) electrons. The van der Waals surface area contributed by atoms with Crippen LogP contribution in [0.4, 0.5) is 0 Å². The second kappa shape index (κ2) is 21.1. The molecule has 1 heterocycles. The topological polar surface area (TPSA) is 58.2 Å². The van der Waals surface area contributed by atoms with E-state index in [0.717, 1.165) is 37.9 Å². The molecule has 1 atom stereocenters. The Morgan fingerprint density at radius 1 is 0.625 bits per heavy atom. The lowest BCUT2D eigenvalue weighted by Gasteiger charge is -2.19. The number of benzene rings is 1. The molecule has 5 heteroatoms. The lowest BCUT2D eigenvalue weighted by Crippen LogP contribution is -2.39. The zero-order valence-corrected chi connectivity index (χ0v) is 26.5. The number of hydrogen-bond acceptors (Lipinski definition) is 2. The third-order valence-electron chi connectivity index (χ3n) is 8.25. The summed E-state index contributed by atoms with van der Waals surface area (Å²) in [5, 5.41) is 0. The van der Waals surface area contributed by atoms with E-state index in [-0.39, 0.29) is 10.8 Å². The summed E-state index contributed by atoms with van der Waals surface area (Å²) < 4.78 is 37.0. The maximum atomic E-state index is 12.3. The van der Waals surface area contributed by atoms with Crippen LogP contribution in [0, 0.1) is 0 Å². The fourth-order valence-corrected chi connectivity index (χ4v) is 6.66. The van der Waals surface area contributed by atoms with Crippen LogP contribution >= 0.6 is 0 Å².